The molecule has 0 bridgehead atoms. The van der Waals surface area contributed by atoms with Crippen molar-refractivity contribution in [2.24, 2.45) is 0 Å². The maximum absolute atomic E-state index is 9.22. The van der Waals surface area contributed by atoms with E-state index in [1.165, 1.54) is 0 Å². The minimum absolute atomic E-state index is 0.223. The van der Waals surface area contributed by atoms with Crippen LogP contribution in [0.1, 0.15) is 13.3 Å². The lowest BCUT2D eigenvalue weighted by atomic mass is 10.2. The first-order valence-corrected chi connectivity index (χ1v) is 5.46. The molecule has 1 heterocycles. The molecule has 1 rings (SSSR count). The fourth-order valence-corrected chi connectivity index (χ4v) is 1.86. The van der Waals surface area contributed by atoms with Crippen molar-refractivity contribution in [3.63, 3.8) is 0 Å². The molecule has 0 radical (unpaired) electrons. The first kappa shape index (κ1) is 11.9. The predicted octanol–water partition coefficient (Wildman–Crippen LogP) is -0.633. The monoisotopic (exact) mass is 202 g/mol. The Bertz CT molecular complexity index is 145. The van der Waals surface area contributed by atoms with Gasteiger partial charge in [0.25, 0.3) is 0 Å². The number of β-amino-alcohol motifs (C(OH)–C–C–N with tert-alkyl or cyclic N) is 1. The molecule has 4 nitrogen and oxygen atoms in total. The van der Waals surface area contributed by atoms with E-state index in [4.69, 9.17) is 5.11 Å². The molecule has 0 aromatic rings. The molecule has 1 fully saturated rings. The minimum atomic E-state index is -0.223. The molecule has 84 valence electrons. The van der Waals surface area contributed by atoms with Gasteiger partial charge in [0.2, 0.25) is 0 Å². The van der Waals surface area contributed by atoms with Gasteiger partial charge in [-0.05, 0) is 13.3 Å². The summed E-state index contributed by atoms with van der Waals surface area (Å²) in [6.07, 6.45) is 0.648. The van der Waals surface area contributed by atoms with Crippen LogP contribution in [0.25, 0.3) is 0 Å². The molecule has 1 unspecified atom stereocenters. The van der Waals surface area contributed by atoms with Gasteiger partial charge in [0.15, 0.2) is 0 Å². The van der Waals surface area contributed by atoms with Crippen molar-refractivity contribution in [3.05, 3.63) is 0 Å². The third kappa shape index (κ3) is 4.37. The Kier molecular flexibility index (Phi) is 5.40. The van der Waals surface area contributed by atoms with Gasteiger partial charge in [0.05, 0.1) is 6.10 Å². The zero-order valence-electron chi connectivity index (χ0n) is 9.02. The van der Waals surface area contributed by atoms with Crippen LogP contribution < -0.4 is 0 Å². The summed E-state index contributed by atoms with van der Waals surface area (Å²) in [5.74, 6) is 0. The zero-order chi connectivity index (χ0) is 10.4. The Hall–Kier alpha value is -0.160. The Labute approximate surface area is 86.1 Å². The SMILES string of the molecule is CC(O)CN1CCN(CCCO)CC1. The standard InChI is InChI=1S/C10H22N2O2/c1-10(14)9-12-6-4-11(5-7-12)3-2-8-13/h10,13-14H,2-9H2,1H3. The number of hydrogen-bond acceptors (Lipinski definition) is 4. The van der Waals surface area contributed by atoms with E-state index in [-0.39, 0.29) is 12.7 Å². The van der Waals surface area contributed by atoms with Crippen LogP contribution in [0.3, 0.4) is 0 Å². The van der Waals surface area contributed by atoms with Crippen molar-refractivity contribution in [1.29, 1.82) is 0 Å². The lowest BCUT2D eigenvalue weighted by Gasteiger charge is -2.35. The lowest BCUT2D eigenvalue weighted by molar-refractivity contribution is 0.0782. The van der Waals surface area contributed by atoms with Crippen molar-refractivity contribution >= 4 is 0 Å². The normalized spacial score (nSPS) is 22.5. The molecular formula is C10H22N2O2. The molecule has 1 saturated heterocycles. The van der Waals surface area contributed by atoms with E-state index in [2.05, 4.69) is 9.80 Å². The summed E-state index contributed by atoms with van der Waals surface area (Å²) >= 11 is 0. The van der Waals surface area contributed by atoms with Crippen LogP contribution in [0.5, 0.6) is 0 Å². The molecule has 1 atom stereocenters. The molecule has 1 aliphatic heterocycles. The van der Waals surface area contributed by atoms with Gasteiger partial charge in [-0.1, -0.05) is 0 Å². The molecule has 0 aromatic carbocycles. The highest BCUT2D eigenvalue weighted by Gasteiger charge is 2.16. The molecule has 2 N–H and O–H groups in total. The van der Waals surface area contributed by atoms with Gasteiger partial charge in [-0.2, -0.15) is 0 Å². The average Bonchev–Trinajstić information content (AvgIpc) is 2.16. The fraction of sp³-hybridized carbons (Fsp3) is 1.00. The largest absolute Gasteiger partial charge is 0.396 e. The second-order valence-electron chi connectivity index (χ2n) is 4.07. The Morgan fingerprint density at radius 2 is 1.71 bits per heavy atom. The van der Waals surface area contributed by atoms with Crippen LogP contribution in [0.15, 0.2) is 0 Å². The second-order valence-corrected chi connectivity index (χ2v) is 4.07. The Balaban J connectivity index is 2.11. The molecule has 0 aliphatic carbocycles. The Morgan fingerprint density at radius 3 is 2.21 bits per heavy atom. The number of aliphatic hydroxyl groups is 2. The number of hydrogen-bond donors (Lipinski definition) is 2. The molecule has 1 aliphatic rings. The molecule has 0 spiro atoms. The van der Waals surface area contributed by atoms with Crippen molar-refractivity contribution < 1.29 is 10.2 Å². The van der Waals surface area contributed by atoms with Gasteiger partial charge in [0.1, 0.15) is 0 Å². The maximum Gasteiger partial charge on any atom is 0.0639 e. The van der Waals surface area contributed by atoms with Crippen LogP contribution in [0, 0.1) is 0 Å². The third-order valence-corrected chi connectivity index (χ3v) is 2.62. The summed E-state index contributed by atoms with van der Waals surface area (Å²) < 4.78 is 0. The highest BCUT2D eigenvalue weighted by atomic mass is 16.3. The predicted molar refractivity (Wildman–Crippen MR) is 56.3 cm³/mol. The van der Waals surface area contributed by atoms with Gasteiger partial charge in [-0.15, -0.1) is 0 Å². The summed E-state index contributed by atoms with van der Waals surface area (Å²) in [5, 5.41) is 17.9. The van der Waals surface area contributed by atoms with Crippen LogP contribution in [0.2, 0.25) is 0 Å². The van der Waals surface area contributed by atoms with Crippen LogP contribution >= 0.6 is 0 Å². The number of piperazine rings is 1. The van der Waals surface area contributed by atoms with E-state index in [9.17, 15) is 5.11 Å². The van der Waals surface area contributed by atoms with Gasteiger partial charge in [-0.3, -0.25) is 4.90 Å². The highest BCUT2D eigenvalue weighted by molar-refractivity contribution is 4.72. The Morgan fingerprint density at radius 1 is 1.14 bits per heavy atom. The summed E-state index contributed by atoms with van der Waals surface area (Å²) in [6.45, 7) is 8.10. The van der Waals surface area contributed by atoms with E-state index >= 15 is 0 Å². The van der Waals surface area contributed by atoms with E-state index < -0.39 is 0 Å². The summed E-state index contributed by atoms with van der Waals surface area (Å²) in [6, 6.07) is 0. The fourth-order valence-electron chi connectivity index (χ4n) is 1.86. The van der Waals surface area contributed by atoms with E-state index in [0.29, 0.717) is 0 Å². The first-order chi connectivity index (χ1) is 6.72. The summed E-state index contributed by atoms with van der Waals surface area (Å²) in [4.78, 5) is 4.66. The van der Waals surface area contributed by atoms with Gasteiger partial charge < -0.3 is 15.1 Å². The average molecular weight is 202 g/mol. The maximum atomic E-state index is 9.22. The second kappa shape index (κ2) is 6.35. The number of rotatable bonds is 5. The van der Waals surface area contributed by atoms with E-state index in [1.54, 1.807) is 0 Å². The molecule has 0 aromatic heterocycles. The van der Waals surface area contributed by atoms with Crippen LogP contribution in [-0.4, -0.2) is 72.0 Å². The third-order valence-electron chi connectivity index (χ3n) is 2.62. The molecule has 0 amide bonds. The first-order valence-electron chi connectivity index (χ1n) is 5.46. The van der Waals surface area contributed by atoms with Gasteiger partial charge in [0, 0.05) is 45.9 Å². The minimum Gasteiger partial charge on any atom is -0.396 e. The van der Waals surface area contributed by atoms with Crippen molar-refractivity contribution in [2.45, 2.75) is 19.4 Å². The molecular weight excluding hydrogens is 180 g/mol. The number of aliphatic hydroxyl groups excluding tert-OH is 2. The molecule has 14 heavy (non-hydrogen) atoms. The van der Waals surface area contributed by atoms with E-state index in [0.717, 1.165) is 45.7 Å². The zero-order valence-corrected chi connectivity index (χ0v) is 9.02. The highest BCUT2D eigenvalue weighted by Crippen LogP contribution is 2.02. The lowest BCUT2D eigenvalue weighted by Crippen LogP contribution is -2.48. The topological polar surface area (TPSA) is 46.9 Å². The van der Waals surface area contributed by atoms with Crippen molar-refractivity contribution in [2.75, 3.05) is 45.9 Å². The quantitative estimate of drug-likeness (QED) is 0.623. The summed E-state index contributed by atoms with van der Waals surface area (Å²) in [7, 11) is 0. The summed E-state index contributed by atoms with van der Waals surface area (Å²) in [5.41, 5.74) is 0. The van der Waals surface area contributed by atoms with Gasteiger partial charge in [-0.25, -0.2) is 0 Å². The molecule has 4 heteroatoms. The van der Waals surface area contributed by atoms with E-state index in [1.807, 2.05) is 6.92 Å². The van der Waals surface area contributed by atoms with Crippen LogP contribution in [0.4, 0.5) is 0 Å². The smallest absolute Gasteiger partial charge is 0.0639 e. The van der Waals surface area contributed by atoms with Crippen LogP contribution in [-0.2, 0) is 0 Å². The van der Waals surface area contributed by atoms with Gasteiger partial charge >= 0.3 is 0 Å². The van der Waals surface area contributed by atoms with Crippen molar-refractivity contribution in [3.8, 4) is 0 Å². The number of nitrogens with zero attached hydrogens (tertiary/aromatic N) is 2. The molecule has 0 saturated carbocycles. The van der Waals surface area contributed by atoms with Crippen molar-refractivity contribution in [1.82, 2.24) is 9.80 Å².